The molecule has 4 heterocycles. The van der Waals surface area contributed by atoms with Crippen LogP contribution in [0, 0.1) is 23.0 Å². The van der Waals surface area contributed by atoms with Crippen LogP contribution in [-0.2, 0) is 6.18 Å². The van der Waals surface area contributed by atoms with E-state index < -0.39 is 81.9 Å². The standard InChI is InChI=1S/C29H19F7N6O2S/c1-11(12-4-3-7-39-21(12)25(32)33)42-8-9-44-23-18-22(40-28(43-2)41-27(18)42)20(31)17(19(23)29(34,35)36)13-5-6-15(30)24-16(13)14(10-37)26(38)45-24/h3-7,11,25H,8-9,38H2,1-2H3. The van der Waals surface area contributed by atoms with Crippen LogP contribution in [0.25, 0.3) is 32.1 Å². The molecule has 0 spiro atoms. The highest BCUT2D eigenvalue weighted by atomic mass is 32.1. The van der Waals surface area contributed by atoms with Crippen LogP contribution in [0.1, 0.15) is 41.8 Å². The minimum Gasteiger partial charge on any atom is -0.490 e. The number of nitrogens with two attached hydrogens (primary N) is 1. The number of pyridine rings is 1. The fraction of sp³-hybridized carbons (Fsp3) is 0.241. The molecule has 2 N–H and O–H groups in total. The van der Waals surface area contributed by atoms with E-state index in [2.05, 4.69) is 15.0 Å². The van der Waals surface area contributed by atoms with E-state index in [0.717, 1.165) is 19.2 Å². The Bertz CT molecular complexity index is 2040. The third-order valence-electron chi connectivity index (χ3n) is 7.51. The fourth-order valence-electron chi connectivity index (χ4n) is 5.60. The molecule has 16 heteroatoms. The van der Waals surface area contributed by atoms with Crippen LogP contribution in [0.5, 0.6) is 11.8 Å². The summed E-state index contributed by atoms with van der Waals surface area (Å²) < 4.78 is 115. The van der Waals surface area contributed by atoms with E-state index in [4.69, 9.17) is 15.2 Å². The van der Waals surface area contributed by atoms with Crippen LogP contribution in [0.4, 0.5) is 41.6 Å². The number of aromatic nitrogens is 3. The van der Waals surface area contributed by atoms with Gasteiger partial charge in [-0.15, -0.1) is 11.3 Å². The molecule has 1 unspecified atom stereocenters. The molecule has 0 radical (unpaired) electrons. The monoisotopic (exact) mass is 648 g/mol. The van der Waals surface area contributed by atoms with Crippen LogP contribution >= 0.6 is 11.3 Å². The molecule has 0 fully saturated rings. The van der Waals surface area contributed by atoms with Crippen molar-refractivity contribution in [2.45, 2.75) is 25.6 Å². The summed E-state index contributed by atoms with van der Waals surface area (Å²) in [6, 6.07) is 4.97. The van der Waals surface area contributed by atoms with Crippen molar-refractivity contribution in [3.63, 3.8) is 0 Å². The minimum absolute atomic E-state index is 0.0580. The van der Waals surface area contributed by atoms with Gasteiger partial charge in [-0.2, -0.15) is 28.4 Å². The Morgan fingerprint density at radius 2 is 1.91 bits per heavy atom. The topological polar surface area (TPSA) is 110 Å². The number of thiophene rings is 1. The molecule has 2 aromatic carbocycles. The molecule has 0 saturated carbocycles. The first-order valence-corrected chi connectivity index (χ1v) is 13.9. The van der Waals surface area contributed by atoms with Gasteiger partial charge in [0.2, 0.25) is 0 Å². The summed E-state index contributed by atoms with van der Waals surface area (Å²) in [7, 11) is 1.16. The summed E-state index contributed by atoms with van der Waals surface area (Å²) >= 11 is 0.634. The molecule has 1 aliphatic heterocycles. The zero-order chi connectivity index (χ0) is 32.4. The second kappa shape index (κ2) is 10.9. The molecule has 0 bridgehead atoms. The van der Waals surface area contributed by atoms with Crippen LogP contribution < -0.4 is 20.1 Å². The van der Waals surface area contributed by atoms with Crippen molar-refractivity contribution >= 4 is 43.1 Å². The Kier molecular flexibility index (Phi) is 7.31. The normalized spacial score (nSPS) is 14.0. The van der Waals surface area contributed by atoms with Gasteiger partial charge in [0, 0.05) is 22.7 Å². The van der Waals surface area contributed by atoms with Crippen LogP contribution in [0.3, 0.4) is 0 Å². The van der Waals surface area contributed by atoms with E-state index >= 15 is 17.6 Å². The van der Waals surface area contributed by atoms with E-state index in [-0.39, 0.29) is 38.6 Å². The predicted octanol–water partition coefficient (Wildman–Crippen LogP) is 7.56. The summed E-state index contributed by atoms with van der Waals surface area (Å²) in [5.74, 6) is -3.46. The lowest BCUT2D eigenvalue weighted by Gasteiger charge is -2.30. The summed E-state index contributed by atoms with van der Waals surface area (Å²) in [5.41, 5.74) is 1.36. The maximum absolute atomic E-state index is 16.8. The molecular formula is C29H19F7N6O2S. The quantitative estimate of drug-likeness (QED) is 0.195. The molecule has 5 aromatic rings. The Morgan fingerprint density at radius 3 is 2.58 bits per heavy atom. The average molecular weight is 649 g/mol. The van der Waals surface area contributed by atoms with Crippen molar-refractivity contribution in [2.24, 2.45) is 0 Å². The largest absolute Gasteiger partial charge is 0.490 e. The lowest BCUT2D eigenvalue weighted by atomic mass is 9.91. The first-order chi connectivity index (χ1) is 21.4. The van der Waals surface area contributed by atoms with E-state index in [0.29, 0.717) is 11.3 Å². The van der Waals surface area contributed by atoms with Crippen molar-refractivity contribution in [2.75, 3.05) is 30.9 Å². The molecule has 0 saturated heterocycles. The number of rotatable bonds is 5. The average Bonchev–Trinajstić information content (AvgIpc) is 3.24. The van der Waals surface area contributed by atoms with Crippen molar-refractivity contribution in [1.29, 1.82) is 5.26 Å². The number of anilines is 2. The number of nitriles is 1. The zero-order valence-corrected chi connectivity index (χ0v) is 24.0. The van der Waals surface area contributed by atoms with Gasteiger partial charge in [0.25, 0.3) is 6.43 Å². The van der Waals surface area contributed by atoms with Gasteiger partial charge in [-0.3, -0.25) is 4.98 Å². The Morgan fingerprint density at radius 1 is 1.16 bits per heavy atom. The van der Waals surface area contributed by atoms with Gasteiger partial charge in [0.15, 0.2) is 5.82 Å². The molecule has 45 heavy (non-hydrogen) atoms. The van der Waals surface area contributed by atoms with Gasteiger partial charge in [0.1, 0.15) is 51.8 Å². The van der Waals surface area contributed by atoms with E-state index in [1.807, 2.05) is 0 Å². The SMILES string of the molecule is COc1nc2c3c(c(C(F)(F)F)c(-c4ccc(F)c5sc(N)c(C#N)c45)c(F)c3n1)OCCN2C(C)c1cccnc1C(F)F. The van der Waals surface area contributed by atoms with Crippen molar-refractivity contribution in [3.05, 3.63) is 64.5 Å². The van der Waals surface area contributed by atoms with Crippen LogP contribution in [-0.4, -0.2) is 35.2 Å². The van der Waals surface area contributed by atoms with E-state index in [9.17, 15) is 18.4 Å². The number of benzene rings is 2. The second-order valence-electron chi connectivity index (χ2n) is 9.90. The van der Waals surface area contributed by atoms with Gasteiger partial charge in [-0.05, 0) is 24.6 Å². The fourth-order valence-corrected chi connectivity index (χ4v) is 6.55. The van der Waals surface area contributed by atoms with Gasteiger partial charge in [0.05, 0.1) is 35.3 Å². The highest BCUT2D eigenvalue weighted by Gasteiger charge is 2.44. The summed E-state index contributed by atoms with van der Waals surface area (Å²) in [4.78, 5) is 13.4. The van der Waals surface area contributed by atoms with Gasteiger partial charge >= 0.3 is 12.2 Å². The number of halogens is 7. The minimum atomic E-state index is -5.26. The highest BCUT2D eigenvalue weighted by Crippen LogP contribution is 2.53. The number of nitrogen functional groups attached to an aromatic ring is 1. The second-order valence-corrected chi connectivity index (χ2v) is 10.9. The zero-order valence-electron chi connectivity index (χ0n) is 23.1. The number of alkyl halides is 5. The lowest BCUT2D eigenvalue weighted by molar-refractivity contribution is -0.138. The van der Waals surface area contributed by atoms with Crippen molar-refractivity contribution in [3.8, 4) is 29.0 Å². The number of nitrogens with zero attached hydrogens (tertiary/aromatic N) is 5. The summed E-state index contributed by atoms with van der Waals surface area (Å²) in [6.07, 6.45) is -7.05. The Balaban J connectivity index is 1.74. The number of hydrogen-bond acceptors (Lipinski definition) is 9. The highest BCUT2D eigenvalue weighted by molar-refractivity contribution is 7.23. The van der Waals surface area contributed by atoms with Crippen molar-refractivity contribution in [1.82, 2.24) is 15.0 Å². The number of hydrogen-bond donors (Lipinski definition) is 1. The summed E-state index contributed by atoms with van der Waals surface area (Å²) in [6.45, 7) is 0.935. The molecule has 6 rings (SSSR count). The number of methoxy groups -OCH3 is 1. The predicted molar refractivity (Wildman–Crippen MR) is 151 cm³/mol. The molecule has 0 aliphatic carbocycles. The van der Waals surface area contributed by atoms with Gasteiger partial charge < -0.3 is 20.1 Å². The molecule has 1 aliphatic rings. The molecule has 0 amide bonds. The lowest BCUT2D eigenvalue weighted by Crippen LogP contribution is -2.31. The molecule has 8 nitrogen and oxygen atoms in total. The molecule has 1 atom stereocenters. The van der Waals surface area contributed by atoms with Gasteiger partial charge in [-0.1, -0.05) is 12.1 Å². The maximum atomic E-state index is 16.8. The molecule has 3 aromatic heterocycles. The third-order valence-corrected chi connectivity index (χ3v) is 8.54. The molecule has 232 valence electrons. The third kappa shape index (κ3) is 4.69. The van der Waals surface area contributed by atoms with Gasteiger partial charge in [-0.25, -0.2) is 17.6 Å². The summed E-state index contributed by atoms with van der Waals surface area (Å²) in [5, 5.41) is 8.77. The Labute approximate surface area is 253 Å². The Hall–Kier alpha value is -4.91. The first kappa shape index (κ1) is 30.1. The maximum Gasteiger partial charge on any atom is 0.420 e. The number of fused-ring (bicyclic) bond motifs is 1. The van der Waals surface area contributed by atoms with E-state index in [1.165, 1.54) is 30.2 Å². The first-order valence-electron chi connectivity index (χ1n) is 13.1. The van der Waals surface area contributed by atoms with Crippen LogP contribution in [0.15, 0.2) is 30.5 Å². The van der Waals surface area contributed by atoms with Crippen LogP contribution in [0.2, 0.25) is 0 Å². The van der Waals surface area contributed by atoms with E-state index in [1.54, 1.807) is 6.07 Å². The number of ether oxygens (including phenoxy) is 2. The smallest absolute Gasteiger partial charge is 0.420 e. The molecular weight excluding hydrogens is 629 g/mol. The van der Waals surface area contributed by atoms with Crippen molar-refractivity contribution < 1.29 is 40.2 Å².